The van der Waals surface area contributed by atoms with E-state index >= 15 is 0 Å². The number of cyclic esters (lactones) is 1. The molecule has 0 aromatic carbocycles. The van der Waals surface area contributed by atoms with Gasteiger partial charge in [-0.1, -0.05) is 85.6 Å². The minimum Gasteiger partial charge on any atom is -0.469 e. The van der Waals surface area contributed by atoms with Crippen LogP contribution in [0.5, 0.6) is 0 Å². The molecule has 0 spiro atoms. The molecular weight excluding hydrogens is 967 g/mol. The smallest absolute Gasteiger partial charge is 0.331 e. The number of aliphatic hydroxyl groups excluding tert-OH is 3. The standard InChI is InChI=1S/C58H87NO16/c1-37-16-14-20-47(69-7)35-58(67)74-49(36-68-6)25-38(2)26-53-40(4)44(32-57(66)75-53)18-15-19-45(60)33-50(62)41(5)51(70-8)22-21-39(3)52(71-9)34-48-28-43(31-56(65)73-48)29-54(63)59-23-13-11-12-17-42(27-46(61)24-37)30-55(64)72-10/h11-16,19-20,23,26,31-32,39-42,45-53,60-62H,17-18,21-22,24-25,27-30,33-36H2,1-10H3,(H,59,63). The van der Waals surface area contributed by atoms with Gasteiger partial charge in [-0.2, -0.15) is 0 Å². The van der Waals surface area contributed by atoms with Gasteiger partial charge in [0.1, 0.15) is 18.3 Å². The minimum atomic E-state index is -0.960. The second-order valence-corrected chi connectivity index (χ2v) is 20.3. The van der Waals surface area contributed by atoms with Gasteiger partial charge in [0.15, 0.2) is 0 Å². The summed E-state index contributed by atoms with van der Waals surface area (Å²) >= 11 is 0. The van der Waals surface area contributed by atoms with Crippen LogP contribution >= 0.6 is 0 Å². The van der Waals surface area contributed by atoms with Crippen molar-refractivity contribution in [2.75, 3.05) is 42.2 Å². The summed E-state index contributed by atoms with van der Waals surface area (Å²) in [6.07, 6.45) is 18.6. The number of carbonyl (C=O) groups is 5. The van der Waals surface area contributed by atoms with E-state index in [1.807, 2.05) is 52.8 Å². The molecule has 0 saturated carbocycles. The molecule has 75 heavy (non-hydrogen) atoms. The first-order valence-electron chi connectivity index (χ1n) is 26.2. The second-order valence-electron chi connectivity index (χ2n) is 20.3. The molecular formula is C58H87NO16. The van der Waals surface area contributed by atoms with E-state index in [0.29, 0.717) is 63.4 Å². The normalized spacial score (nSPS) is 31.8. The highest BCUT2D eigenvalue weighted by atomic mass is 16.6. The number of rotatable bonds is 7. The van der Waals surface area contributed by atoms with Crippen LogP contribution in [-0.4, -0.2) is 142 Å². The van der Waals surface area contributed by atoms with Gasteiger partial charge in [0.05, 0.1) is 56.8 Å². The maximum Gasteiger partial charge on any atom is 0.331 e. The SMILES string of the molecule is COCC1CC(C)=CC2OC(=O)C=C(CC=CC(O)CC(O)C(C)C(OC)CCC(C)C(OC)CC3CC(=CC(=O)O3)CC(=O)NC=CC=CCC(CC(=O)OC)CC(O)CC(C)=CC=CC(OC)CC(=O)O1)C2C. The molecule has 17 heteroatoms. The predicted octanol–water partition coefficient (Wildman–Crippen LogP) is 7.35. The summed E-state index contributed by atoms with van der Waals surface area (Å²) in [6, 6.07) is 0. The third-order valence-corrected chi connectivity index (χ3v) is 14.1. The molecule has 0 aliphatic carbocycles. The molecule has 3 aliphatic heterocycles. The zero-order valence-corrected chi connectivity index (χ0v) is 46.0. The molecule has 17 nitrogen and oxygen atoms in total. The first kappa shape index (κ1) is 64.3. The van der Waals surface area contributed by atoms with Gasteiger partial charge in [-0.05, 0) is 76.4 Å². The van der Waals surface area contributed by atoms with Crippen LogP contribution in [0, 0.1) is 23.7 Å². The number of allylic oxidation sites excluding steroid dienone is 6. The van der Waals surface area contributed by atoms with E-state index in [2.05, 4.69) is 5.32 Å². The molecule has 3 rings (SSSR count). The Morgan fingerprint density at radius 1 is 0.760 bits per heavy atom. The number of aliphatic hydroxyl groups is 3. The Kier molecular flexibility index (Phi) is 29.7. The van der Waals surface area contributed by atoms with Crippen molar-refractivity contribution in [2.45, 2.75) is 173 Å². The molecule has 0 saturated heterocycles. The van der Waals surface area contributed by atoms with Crippen molar-refractivity contribution in [1.29, 1.82) is 0 Å². The van der Waals surface area contributed by atoms with Crippen LogP contribution in [0.1, 0.15) is 118 Å². The largest absolute Gasteiger partial charge is 0.469 e. The van der Waals surface area contributed by atoms with Crippen LogP contribution in [0.15, 0.2) is 95.3 Å². The number of carbonyl (C=O) groups excluding carboxylic acids is 5. The summed E-state index contributed by atoms with van der Waals surface area (Å²) in [5, 5.41) is 36.0. The van der Waals surface area contributed by atoms with E-state index in [1.54, 1.807) is 50.7 Å². The Hall–Kier alpha value is -5.01. The third-order valence-electron chi connectivity index (χ3n) is 14.1. The maximum atomic E-state index is 13.2. The highest BCUT2D eigenvalue weighted by Crippen LogP contribution is 2.31. The number of fused-ring (bicyclic) bond motifs is 4. The van der Waals surface area contributed by atoms with Crippen molar-refractivity contribution in [3.63, 3.8) is 0 Å². The molecule has 0 aromatic heterocycles. The van der Waals surface area contributed by atoms with Crippen LogP contribution in [0.4, 0.5) is 0 Å². The van der Waals surface area contributed by atoms with Crippen LogP contribution in [-0.2, 0) is 61.9 Å². The molecule has 4 N–H and O–H groups in total. The van der Waals surface area contributed by atoms with Crippen molar-refractivity contribution in [3.8, 4) is 0 Å². The van der Waals surface area contributed by atoms with E-state index in [4.69, 9.17) is 37.9 Å². The van der Waals surface area contributed by atoms with E-state index in [9.17, 15) is 39.3 Å². The average Bonchev–Trinajstić information content (AvgIpc) is 3.34. The Bertz CT molecular complexity index is 2070. The van der Waals surface area contributed by atoms with Gasteiger partial charge in [0.2, 0.25) is 5.91 Å². The Morgan fingerprint density at radius 2 is 1.49 bits per heavy atom. The van der Waals surface area contributed by atoms with Gasteiger partial charge in [0.25, 0.3) is 0 Å². The summed E-state index contributed by atoms with van der Waals surface area (Å²) in [5.41, 5.74) is 3.14. The lowest BCUT2D eigenvalue weighted by atomic mass is 9.86. The molecule has 13 atom stereocenters. The first-order chi connectivity index (χ1) is 35.8. The van der Waals surface area contributed by atoms with Gasteiger partial charge in [-0.15, -0.1) is 0 Å². The lowest BCUT2D eigenvalue weighted by Crippen LogP contribution is -2.35. The number of methoxy groups -OCH3 is 5. The molecule has 3 heterocycles. The van der Waals surface area contributed by atoms with E-state index in [0.717, 1.165) is 16.7 Å². The van der Waals surface area contributed by atoms with E-state index in [1.165, 1.54) is 39.7 Å². The fraction of sp³-hybridized carbons (Fsp3) is 0.638. The highest BCUT2D eigenvalue weighted by molar-refractivity contribution is 5.87. The average molecular weight is 1050 g/mol. The molecule has 4 bridgehead atoms. The third kappa shape index (κ3) is 24.7. The van der Waals surface area contributed by atoms with Crippen molar-refractivity contribution in [3.05, 3.63) is 95.3 Å². The molecule has 420 valence electrons. The molecule has 0 aromatic rings. The maximum absolute atomic E-state index is 13.2. The summed E-state index contributed by atoms with van der Waals surface area (Å²) in [7, 11) is 7.54. The second kappa shape index (κ2) is 34.6. The van der Waals surface area contributed by atoms with E-state index in [-0.39, 0.29) is 74.1 Å². The zero-order valence-electron chi connectivity index (χ0n) is 46.0. The Labute approximate surface area is 445 Å². The zero-order chi connectivity index (χ0) is 55.5. The lowest BCUT2D eigenvalue weighted by Gasteiger charge is -2.31. The highest BCUT2D eigenvalue weighted by Gasteiger charge is 2.32. The van der Waals surface area contributed by atoms with Crippen LogP contribution < -0.4 is 5.32 Å². The molecule has 3 aliphatic rings. The predicted molar refractivity (Wildman–Crippen MR) is 283 cm³/mol. The molecule has 0 fully saturated rings. The van der Waals surface area contributed by atoms with Crippen LogP contribution in [0.3, 0.4) is 0 Å². The molecule has 13 unspecified atom stereocenters. The van der Waals surface area contributed by atoms with Gasteiger partial charge < -0.3 is 58.5 Å². The monoisotopic (exact) mass is 1050 g/mol. The number of ether oxygens (including phenoxy) is 8. The Morgan fingerprint density at radius 3 is 2.19 bits per heavy atom. The number of esters is 4. The topological polar surface area (TPSA) is 232 Å². The fourth-order valence-corrected chi connectivity index (χ4v) is 9.67. The van der Waals surface area contributed by atoms with Crippen LogP contribution in [0.2, 0.25) is 0 Å². The van der Waals surface area contributed by atoms with Crippen molar-refractivity contribution in [1.82, 2.24) is 5.32 Å². The summed E-state index contributed by atoms with van der Waals surface area (Å²) in [6.45, 7) is 9.77. The van der Waals surface area contributed by atoms with Gasteiger partial charge >= 0.3 is 23.9 Å². The van der Waals surface area contributed by atoms with Crippen molar-refractivity contribution >= 4 is 29.8 Å². The number of amides is 1. The van der Waals surface area contributed by atoms with Gasteiger partial charge in [0, 0.05) is 97.2 Å². The number of nitrogens with one attached hydrogen (secondary N) is 1. The molecule has 0 radical (unpaired) electrons. The number of hydrogen-bond donors (Lipinski definition) is 4. The van der Waals surface area contributed by atoms with Crippen LogP contribution in [0.25, 0.3) is 0 Å². The van der Waals surface area contributed by atoms with Gasteiger partial charge in [-0.25, -0.2) is 9.59 Å². The van der Waals surface area contributed by atoms with Crippen molar-refractivity contribution < 1.29 is 77.2 Å². The Balaban J connectivity index is 1.81. The number of hydrogen-bond acceptors (Lipinski definition) is 16. The summed E-state index contributed by atoms with van der Waals surface area (Å²) in [5.74, 6) is -2.93. The fourth-order valence-electron chi connectivity index (χ4n) is 9.67. The summed E-state index contributed by atoms with van der Waals surface area (Å²) in [4.78, 5) is 63.8. The lowest BCUT2D eigenvalue weighted by molar-refractivity contribution is -0.153. The quantitative estimate of drug-likeness (QED) is 0.111. The van der Waals surface area contributed by atoms with E-state index < -0.39 is 66.6 Å². The first-order valence-corrected chi connectivity index (χ1v) is 26.2. The van der Waals surface area contributed by atoms with Crippen molar-refractivity contribution in [2.24, 2.45) is 23.7 Å². The summed E-state index contributed by atoms with van der Waals surface area (Å²) < 4.78 is 44.8. The molecule has 1 amide bonds. The minimum absolute atomic E-state index is 0.00117. The van der Waals surface area contributed by atoms with Gasteiger partial charge in [-0.3, -0.25) is 14.4 Å².